The highest BCUT2D eigenvalue weighted by Gasteiger charge is 2.12. The zero-order valence-electron chi connectivity index (χ0n) is 8.35. The van der Waals surface area contributed by atoms with Gasteiger partial charge in [-0.2, -0.15) is 0 Å². The van der Waals surface area contributed by atoms with Crippen LogP contribution in [0.4, 0.5) is 0 Å². The van der Waals surface area contributed by atoms with Crippen molar-refractivity contribution in [2.75, 3.05) is 0 Å². The molecule has 2 nitrogen and oxygen atoms in total. The van der Waals surface area contributed by atoms with Crippen molar-refractivity contribution < 1.29 is 4.42 Å². The molecule has 0 spiro atoms. The fourth-order valence-corrected chi connectivity index (χ4v) is 0.939. The fraction of sp³-hybridized carbons (Fsp3) is 0.455. The monoisotopic (exact) mass is 177 g/mol. The number of aryl methyl sites for hydroxylation is 1. The van der Waals surface area contributed by atoms with Gasteiger partial charge < -0.3 is 4.42 Å². The molecule has 2 heteroatoms. The van der Waals surface area contributed by atoms with Gasteiger partial charge >= 0.3 is 0 Å². The molecule has 0 aliphatic heterocycles. The van der Waals surface area contributed by atoms with Gasteiger partial charge in [-0.05, 0) is 32.9 Å². The van der Waals surface area contributed by atoms with E-state index in [0.29, 0.717) is 6.54 Å². The predicted octanol–water partition coefficient (Wildman–Crippen LogP) is 2.09. The summed E-state index contributed by atoms with van der Waals surface area (Å²) in [7, 11) is 0. The molecule has 1 aromatic rings. The summed E-state index contributed by atoms with van der Waals surface area (Å²) in [5.41, 5.74) is -0.277. The zero-order valence-corrected chi connectivity index (χ0v) is 8.35. The molecule has 0 fully saturated rings. The molecule has 0 amide bonds. The summed E-state index contributed by atoms with van der Waals surface area (Å²) in [6.07, 6.45) is 5.33. The predicted molar refractivity (Wildman–Crippen MR) is 53.2 cm³/mol. The van der Waals surface area contributed by atoms with Gasteiger partial charge in [0.1, 0.15) is 11.5 Å². The molecule has 13 heavy (non-hydrogen) atoms. The van der Waals surface area contributed by atoms with Gasteiger partial charge in [-0.25, -0.2) is 0 Å². The Balaban J connectivity index is 2.49. The summed E-state index contributed by atoms with van der Waals surface area (Å²) in [5, 5.41) is 3.21. The molecule has 0 aromatic carbocycles. The maximum absolute atomic E-state index is 5.39. The van der Waals surface area contributed by atoms with Crippen molar-refractivity contribution in [2.24, 2.45) is 0 Å². The van der Waals surface area contributed by atoms with Crippen LogP contribution in [0.3, 0.4) is 0 Å². The van der Waals surface area contributed by atoms with Crippen molar-refractivity contribution >= 4 is 0 Å². The van der Waals surface area contributed by atoms with Gasteiger partial charge in [0.15, 0.2) is 0 Å². The molecule has 0 bridgehead atoms. The minimum Gasteiger partial charge on any atom is -0.465 e. The number of hydrogen-bond donors (Lipinski definition) is 1. The smallest absolute Gasteiger partial charge is 0.117 e. The van der Waals surface area contributed by atoms with Crippen molar-refractivity contribution in [3.63, 3.8) is 0 Å². The Morgan fingerprint density at radius 2 is 2.23 bits per heavy atom. The second-order valence-corrected chi connectivity index (χ2v) is 3.64. The number of rotatable bonds is 3. The van der Waals surface area contributed by atoms with Gasteiger partial charge in [-0.3, -0.25) is 5.32 Å². The van der Waals surface area contributed by atoms with Crippen LogP contribution in [-0.4, -0.2) is 5.54 Å². The summed E-state index contributed by atoms with van der Waals surface area (Å²) in [6.45, 7) is 6.52. The summed E-state index contributed by atoms with van der Waals surface area (Å²) in [6, 6.07) is 3.90. The zero-order chi connectivity index (χ0) is 9.90. The van der Waals surface area contributed by atoms with Gasteiger partial charge in [-0.15, -0.1) is 6.42 Å². The van der Waals surface area contributed by atoms with E-state index in [0.717, 1.165) is 11.5 Å². The van der Waals surface area contributed by atoms with Crippen LogP contribution >= 0.6 is 0 Å². The van der Waals surface area contributed by atoms with Gasteiger partial charge in [-0.1, -0.05) is 5.92 Å². The Morgan fingerprint density at radius 1 is 1.54 bits per heavy atom. The topological polar surface area (TPSA) is 25.2 Å². The maximum atomic E-state index is 5.39. The third-order valence-corrected chi connectivity index (χ3v) is 1.86. The molecule has 1 heterocycles. The average molecular weight is 177 g/mol. The lowest BCUT2D eigenvalue weighted by Crippen LogP contribution is -2.36. The molecule has 70 valence electrons. The second kappa shape index (κ2) is 3.68. The first-order valence-corrected chi connectivity index (χ1v) is 4.31. The minimum atomic E-state index is -0.277. The molecule has 0 aliphatic carbocycles. The molecule has 0 saturated carbocycles. The van der Waals surface area contributed by atoms with Gasteiger partial charge in [0.05, 0.1) is 12.1 Å². The third kappa shape index (κ3) is 2.96. The summed E-state index contributed by atoms with van der Waals surface area (Å²) < 4.78 is 5.39. The average Bonchev–Trinajstić information content (AvgIpc) is 2.48. The molecule has 0 unspecified atom stereocenters. The minimum absolute atomic E-state index is 0.277. The second-order valence-electron chi connectivity index (χ2n) is 3.64. The van der Waals surface area contributed by atoms with Gasteiger partial charge in [0.25, 0.3) is 0 Å². The standard InChI is InChI=1S/C11H15NO/c1-5-11(3,4)12-8-10-7-6-9(2)13-10/h1,6-7,12H,8H2,2-4H3. The van der Waals surface area contributed by atoms with E-state index in [1.54, 1.807) is 0 Å². The lowest BCUT2D eigenvalue weighted by molar-refractivity contribution is 0.418. The van der Waals surface area contributed by atoms with Crippen molar-refractivity contribution in [3.05, 3.63) is 23.7 Å². The molecule has 0 aliphatic rings. The van der Waals surface area contributed by atoms with Crippen molar-refractivity contribution in [2.45, 2.75) is 32.9 Å². The summed E-state index contributed by atoms with van der Waals surface area (Å²) in [4.78, 5) is 0. The molecule has 1 N–H and O–H groups in total. The van der Waals surface area contributed by atoms with E-state index in [9.17, 15) is 0 Å². The summed E-state index contributed by atoms with van der Waals surface area (Å²) >= 11 is 0. The quantitative estimate of drug-likeness (QED) is 0.715. The van der Waals surface area contributed by atoms with Crippen molar-refractivity contribution in [3.8, 4) is 12.3 Å². The highest BCUT2D eigenvalue weighted by molar-refractivity contribution is 5.10. The van der Waals surface area contributed by atoms with Crippen LogP contribution in [-0.2, 0) is 6.54 Å². The van der Waals surface area contributed by atoms with Crippen molar-refractivity contribution in [1.82, 2.24) is 5.32 Å². The van der Waals surface area contributed by atoms with E-state index in [1.807, 2.05) is 32.9 Å². The van der Waals surface area contributed by atoms with Gasteiger partial charge in [0.2, 0.25) is 0 Å². The molecule has 0 saturated heterocycles. The summed E-state index contributed by atoms with van der Waals surface area (Å²) in [5.74, 6) is 4.51. The fourth-order valence-electron chi connectivity index (χ4n) is 0.939. The maximum Gasteiger partial charge on any atom is 0.117 e. The molecular weight excluding hydrogens is 162 g/mol. The first kappa shape index (κ1) is 9.88. The van der Waals surface area contributed by atoms with E-state index in [1.165, 1.54) is 0 Å². The van der Waals surface area contributed by atoms with Crippen molar-refractivity contribution in [1.29, 1.82) is 0 Å². The first-order valence-electron chi connectivity index (χ1n) is 4.31. The van der Waals surface area contributed by atoms with Crippen LogP contribution in [0, 0.1) is 19.3 Å². The van der Waals surface area contributed by atoms with Crippen LogP contribution in [0.5, 0.6) is 0 Å². The highest BCUT2D eigenvalue weighted by atomic mass is 16.3. The first-order chi connectivity index (χ1) is 6.03. The van der Waals surface area contributed by atoms with Crippen LogP contribution in [0.1, 0.15) is 25.4 Å². The molecular formula is C11H15NO. The van der Waals surface area contributed by atoms with Gasteiger partial charge in [0, 0.05) is 0 Å². The largest absolute Gasteiger partial charge is 0.465 e. The van der Waals surface area contributed by atoms with Crippen LogP contribution in [0.2, 0.25) is 0 Å². The molecule has 0 atom stereocenters. The van der Waals surface area contributed by atoms with E-state index in [2.05, 4.69) is 11.2 Å². The van der Waals surface area contributed by atoms with Crippen LogP contribution < -0.4 is 5.32 Å². The Morgan fingerprint density at radius 3 is 2.69 bits per heavy atom. The third-order valence-electron chi connectivity index (χ3n) is 1.86. The van der Waals surface area contributed by atoms with E-state index in [-0.39, 0.29) is 5.54 Å². The van der Waals surface area contributed by atoms with Crippen LogP contribution in [0.25, 0.3) is 0 Å². The molecule has 1 rings (SSSR count). The Hall–Kier alpha value is -1.20. The lowest BCUT2D eigenvalue weighted by Gasteiger charge is -2.18. The van der Waals surface area contributed by atoms with E-state index >= 15 is 0 Å². The SMILES string of the molecule is C#CC(C)(C)NCc1ccc(C)o1. The Kier molecular flexibility index (Phi) is 2.79. The lowest BCUT2D eigenvalue weighted by atomic mass is 10.1. The molecule has 0 radical (unpaired) electrons. The Bertz CT molecular complexity index is 317. The number of furan rings is 1. The highest BCUT2D eigenvalue weighted by Crippen LogP contribution is 2.08. The molecule has 1 aromatic heterocycles. The number of nitrogens with one attached hydrogen (secondary N) is 1. The number of hydrogen-bond acceptors (Lipinski definition) is 2. The van der Waals surface area contributed by atoms with E-state index in [4.69, 9.17) is 10.8 Å². The van der Waals surface area contributed by atoms with Crippen LogP contribution in [0.15, 0.2) is 16.5 Å². The van der Waals surface area contributed by atoms with E-state index < -0.39 is 0 Å². The Labute approximate surface area is 79.3 Å². The number of terminal acetylenes is 1. The normalized spacial score (nSPS) is 11.2.